The van der Waals surface area contributed by atoms with Crippen molar-refractivity contribution in [2.45, 2.75) is 19.5 Å². The van der Waals surface area contributed by atoms with Crippen molar-refractivity contribution in [3.8, 4) is 17.0 Å². The van der Waals surface area contributed by atoms with Gasteiger partial charge in [-0.1, -0.05) is 0 Å². The first-order valence-corrected chi connectivity index (χ1v) is 5.72. The monoisotopic (exact) mass is 304 g/mol. The number of alkyl halides is 4. The van der Waals surface area contributed by atoms with Crippen LogP contribution in [0.1, 0.15) is 12.6 Å². The highest BCUT2D eigenvalue weighted by Gasteiger charge is 2.26. The van der Waals surface area contributed by atoms with E-state index in [1.165, 1.54) is 0 Å². The molecular weight excluding hydrogens is 295 g/mol. The normalized spacial score (nSPS) is 11.8. The lowest BCUT2D eigenvalue weighted by Crippen LogP contribution is -2.10. The first-order chi connectivity index (χ1) is 9.77. The maximum Gasteiger partial charge on any atom is 0.387 e. The van der Waals surface area contributed by atoms with E-state index in [-0.39, 0.29) is 11.3 Å². The number of halogens is 5. The van der Waals surface area contributed by atoms with E-state index in [0.717, 1.165) is 30.6 Å². The van der Waals surface area contributed by atoms with Crippen molar-refractivity contribution in [3.05, 3.63) is 42.1 Å². The average molecular weight is 304 g/mol. The van der Waals surface area contributed by atoms with Crippen LogP contribution in [0.2, 0.25) is 0 Å². The van der Waals surface area contributed by atoms with Gasteiger partial charge in [0.25, 0.3) is 5.92 Å². The fourth-order valence-electron chi connectivity index (χ4n) is 1.60. The molecule has 0 spiro atoms. The number of ether oxygens (including phenoxy) is 1. The summed E-state index contributed by atoms with van der Waals surface area (Å²) >= 11 is 0. The molecule has 1 aromatic heterocycles. The van der Waals surface area contributed by atoms with Crippen molar-refractivity contribution in [3.63, 3.8) is 0 Å². The molecule has 0 aliphatic heterocycles. The zero-order valence-corrected chi connectivity index (χ0v) is 10.7. The van der Waals surface area contributed by atoms with Crippen LogP contribution >= 0.6 is 0 Å². The lowest BCUT2D eigenvalue weighted by Gasteiger charge is -2.12. The van der Waals surface area contributed by atoms with Crippen LogP contribution in [0.25, 0.3) is 11.3 Å². The number of hydrogen-bond donors (Lipinski definition) is 0. The summed E-state index contributed by atoms with van der Waals surface area (Å²) < 4.78 is 67.9. The third kappa shape index (κ3) is 3.65. The molecule has 2 rings (SSSR count). The van der Waals surface area contributed by atoms with Gasteiger partial charge < -0.3 is 4.74 Å². The molecule has 3 nitrogen and oxygen atoms in total. The molecular formula is C13H9F5N2O. The van der Waals surface area contributed by atoms with E-state index in [1.807, 2.05) is 0 Å². The van der Waals surface area contributed by atoms with E-state index in [4.69, 9.17) is 0 Å². The zero-order chi connectivity index (χ0) is 15.6. The van der Waals surface area contributed by atoms with Gasteiger partial charge in [0, 0.05) is 18.6 Å². The highest BCUT2D eigenvalue weighted by atomic mass is 19.3. The number of hydrogen-bond acceptors (Lipinski definition) is 3. The molecule has 0 saturated carbocycles. The van der Waals surface area contributed by atoms with Gasteiger partial charge in [-0.05, 0) is 12.1 Å². The Morgan fingerprint density at radius 3 is 2.38 bits per heavy atom. The van der Waals surface area contributed by atoms with E-state index in [1.54, 1.807) is 0 Å². The first-order valence-electron chi connectivity index (χ1n) is 5.72. The molecule has 0 aliphatic carbocycles. The third-order valence-electron chi connectivity index (χ3n) is 2.54. The van der Waals surface area contributed by atoms with E-state index in [2.05, 4.69) is 14.7 Å². The number of aromatic nitrogens is 2. The molecule has 21 heavy (non-hydrogen) atoms. The molecule has 0 radical (unpaired) electrons. The average Bonchev–Trinajstić information content (AvgIpc) is 2.37. The van der Waals surface area contributed by atoms with Gasteiger partial charge in [-0.25, -0.2) is 4.39 Å². The lowest BCUT2D eigenvalue weighted by atomic mass is 10.1. The molecule has 0 aliphatic rings. The number of benzene rings is 1. The van der Waals surface area contributed by atoms with Crippen LogP contribution in [0.5, 0.6) is 5.75 Å². The minimum atomic E-state index is -3.17. The highest BCUT2D eigenvalue weighted by molar-refractivity contribution is 5.66. The van der Waals surface area contributed by atoms with Gasteiger partial charge in [0.05, 0.1) is 18.1 Å². The summed E-state index contributed by atoms with van der Waals surface area (Å²) in [4.78, 5) is 7.24. The minimum Gasteiger partial charge on any atom is -0.434 e. The Labute approximate surface area is 116 Å². The smallest absolute Gasteiger partial charge is 0.387 e. The largest absolute Gasteiger partial charge is 0.434 e. The second kappa shape index (κ2) is 5.63. The molecule has 112 valence electrons. The summed E-state index contributed by atoms with van der Waals surface area (Å²) in [5.74, 6) is -4.40. The van der Waals surface area contributed by atoms with Gasteiger partial charge in [0.15, 0.2) is 0 Å². The Bertz CT molecular complexity index is 625. The standard InChI is InChI=1S/C13H9F5N2O/c1-13(17,18)11-6-19-9(5-20-11)8-3-2-7(14)4-10(8)21-12(15)16/h2-6,12H,1H3. The van der Waals surface area contributed by atoms with Crippen LogP contribution in [0, 0.1) is 5.82 Å². The molecule has 2 aromatic rings. The number of nitrogens with zero attached hydrogens (tertiary/aromatic N) is 2. The van der Waals surface area contributed by atoms with E-state index in [9.17, 15) is 22.0 Å². The summed E-state index contributed by atoms with van der Waals surface area (Å²) in [6, 6.07) is 2.92. The van der Waals surface area contributed by atoms with Gasteiger partial charge in [0.1, 0.15) is 17.3 Å². The SMILES string of the molecule is CC(F)(F)c1cnc(-c2ccc(F)cc2OC(F)F)cn1. The summed E-state index contributed by atoms with van der Waals surface area (Å²) in [7, 11) is 0. The molecule has 0 fully saturated rings. The molecule has 0 atom stereocenters. The lowest BCUT2D eigenvalue weighted by molar-refractivity contribution is -0.0496. The van der Waals surface area contributed by atoms with Crippen LogP contribution in [0.4, 0.5) is 22.0 Å². The van der Waals surface area contributed by atoms with E-state index >= 15 is 0 Å². The van der Waals surface area contributed by atoms with E-state index in [0.29, 0.717) is 6.92 Å². The van der Waals surface area contributed by atoms with Crippen molar-refractivity contribution < 1.29 is 26.7 Å². The van der Waals surface area contributed by atoms with E-state index < -0.39 is 29.8 Å². The van der Waals surface area contributed by atoms with Crippen LogP contribution in [0.3, 0.4) is 0 Å². The van der Waals surface area contributed by atoms with Crippen LogP contribution in [0.15, 0.2) is 30.6 Å². The molecule has 1 heterocycles. The van der Waals surface area contributed by atoms with Crippen molar-refractivity contribution in [2.24, 2.45) is 0 Å². The quantitative estimate of drug-likeness (QED) is 0.801. The summed E-state index contributed by atoms with van der Waals surface area (Å²) in [6.45, 7) is -2.50. The van der Waals surface area contributed by atoms with Crippen LogP contribution in [-0.4, -0.2) is 16.6 Å². The molecule has 0 saturated heterocycles. The molecule has 8 heteroatoms. The number of rotatable bonds is 4. The molecule has 0 unspecified atom stereocenters. The summed E-state index contributed by atoms with van der Waals surface area (Å²) in [5.41, 5.74) is -0.529. The zero-order valence-electron chi connectivity index (χ0n) is 10.7. The predicted octanol–water partition coefficient (Wildman–Crippen LogP) is 4.00. The fraction of sp³-hybridized carbons (Fsp3) is 0.231. The first kappa shape index (κ1) is 15.1. The van der Waals surface area contributed by atoms with Gasteiger partial charge >= 0.3 is 6.61 Å². The van der Waals surface area contributed by atoms with Crippen molar-refractivity contribution in [2.75, 3.05) is 0 Å². The van der Waals surface area contributed by atoms with Crippen molar-refractivity contribution >= 4 is 0 Å². The van der Waals surface area contributed by atoms with Gasteiger partial charge in [-0.15, -0.1) is 0 Å². The maximum atomic E-state index is 13.1. The Morgan fingerprint density at radius 2 is 1.86 bits per heavy atom. The molecule has 0 bridgehead atoms. The predicted molar refractivity (Wildman–Crippen MR) is 63.6 cm³/mol. The molecule has 1 aromatic carbocycles. The highest BCUT2D eigenvalue weighted by Crippen LogP contribution is 2.31. The molecule has 0 N–H and O–H groups in total. The van der Waals surface area contributed by atoms with Gasteiger partial charge in [-0.3, -0.25) is 9.97 Å². The second-order valence-electron chi connectivity index (χ2n) is 4.19. The van der Waals surface area contributed by atoms with Crippen LogP contribution < -0.4 is 4.74 Å². The second-order valence-corrected chi connectivity index (χ2v) is 4.19. The van der Waals surface area contributed by atoms with Gasteiger partial charge in [0.2, 0.25) is 0 Å². The van der Waals surface area contributed by atoms with Crippen LogP contribution in [-0.2, 0) is 5.92 Å². The Balaban J connectivity index is 2.42. The van der Waals surface area contributed by atoms with Gasteiger partial charge in [-0.2, -0.15) is 17.6 Å². The Morgan fingerprint density at radius 1 is 1.14 bits per heavy atom. The maximum absolute atomic E-state index is 13.1. The summed E-state index contributed by atoms with van der Waals surface area (Å²) in [6.07, 6.45) is 1.81. The van der Waals surface area contributed by atoms with Crippen molar-refractivity contribution in [1.29, 1.82) is 0 Å². The topological polar surface area (TPSA) is 35.0 Å². The third-order valence-corrected chi connectivity index (χ3v) is 2.54. The molecule has 0 amide bonds. The Kier molecular flexibility index (Phi) is 4.06. The summed E-state index contributed by atoms with van der Waals surface area (Å²) in [5, 5.41) is 0. The fourth-order valence-corrected chi connectivity index (χ4v) is 1.60. The van der Waals surface area contributed by atoms with Crippen molar-refractivity contribution in [1.82, 2.24) is 9.97 Å². The minimum absolute atomic E-state index is 0.0126. The Hall–Kier alpha value is -2.25.